The Bertz CT molecular complexity index is 354. The van der Waals surface area contributed by atoms with E-state index >= 15 is 0 Å². The van der Waals surface area contributed by atoms with Gasteiger partial charge in [0.05, 0.1) is 0 Å². The minimum atomic E-state index is -0.593. The van der Waals surface area contributed by atoms with Crippen LogP contribution < -0.4 is 5.32 Å². The van der Waals surface area contributed by atoms with Crippen LogP contribution in [0.4, 0.5) is 4.79 Å². The van der Waals surface area contributed by atoms with Crippen molar-refractivity contribution in [3.05, 3.63) is 0 Å². The van der Waals surface area contributed by atoms with E-state index in [9.17, 15) is 9.59 Å². The molecule has 0 radical (unpaired) electrons. The Kier molecular flexibility index (Phi) is 1.87. The van der Waals surface area contributed by atoms with Gasteiger partial charge in [-0.3, -0.25) is 9.69 Å². The molecule has 5 heteroatoms. The first-order valence-electron chi connectivity index (χ1n) is 5.86. The fourth-order valence-electron chi connectivity index (χ4n) is 3.50. The van der Waals surface area contributed by atoms with Crippen LogP contribution in [-0.4, -0.2) is 53.5 Å². The lowest BCUT2D eigenvalue weighted by atomic mass is 9.83. The fraction of sp³-hybridized carbons (Fsp3) is 0.818. The van der Waals surface area contributed by atoms with E-state index in [-0.39, 0.29) is 11.9 Å². The monoisotopic (exact) mass is 223 g/mol. The molecule has 0 aliphatic carbocycles. The van der Waals surface area contributed by atoms with Crippen molar-refractivity contribution in [2.45, 2.75) is 43.3 Å². The number of hydrogen-bond acceptors (Lipinski definition) is 3. The molecule has 88 valence electrons. The molecular formula is C11H17N3O2. The number of carbonyl (C=O) groups excluding carboxylic acids is 2. The molecule has 0 saturated carbocycles. The molecule has 0 aromatic heterocycles. The normalized spacial score (nSPS) is 43.2. The number of piperidine rings is 1. The van der Waals surface area contributed by atoms with E-state index in [1.807, 2.05) is 0 Å². The minimum absolute atomic E-state index is 0.0394. The summed E-state index contributed by atoms with van der Waals surface area (Å²) in [5, 5.41) is 2.90. The standard InChI is InChI=1S/C11H17N3O2/c1-13-7-3-4-8(13)6-11(5-7)9(15)14(2)10(16)12-11/h7-8H,3-6H2,1-2H3,(H,12,16). The van der Waals surface area contributed by atoms with Crippen molar-refractivity contribution in [1.82, 2.24) is 15.1 Å². The molecule has 3 saturated heterocycles. The molecule has 5 nitrogen and oxygen atoms in total. The zero-order valence-corrected chi connectivity index (χ0v) is 9.69. The Morgan fingerprint density at radius 1 is 1.19 bits per heavy atom. The summed E-state index contributed by atoms with van der Waals surface area (Å²) in [4.78, 5) is 27.3. The topological polar surface area (TPSA) is 52.7 Å². The van der Waals surface area contributed by atoms with Gasteiger partial charge in [-0.1, -0.05) is 0 Å². The van der Waals surface area contributed by atoms with Gasteiger partial charge in [-0.15, -0.1) is 0 Å². The van der Waals surface area contributed by atoms with Gasteiger partial charge in [0, 0.05) is 19.1 Å². The van der Waals surface area contributed by atoms with Gasteiger partial charge in [0.2, 0.25) is 0 Å². The third kappa shape index (κ3) is 1.09. The molecule has 3 heterocycles. The summed E-state index contributed by atoms with van der Waals surface area (Å²) in [6, 6.07) is 0.665. The minimum Gasteiger partial charge on any atom is -0.323 e. The molecule has 2 unspecified atom stereocenters. The highest BCUT2D eigenvalue weighted by molar-refractivity contribution is 6.06. The number of rotatable bonds is 0. The predicted octanol–water partition coefficient (Wildman–Crippen LogP) is 0.163. The quantitative estimate of drug-likeness (QED) is 0.595. The average Bonchev–Trinajstić information content (AvgIpc) is 2.61. The number of urea groups is 1. The van der Waals surface area contributed by atoms with Crippen molar-refractivity contribution in [3.63, 3.8) is 0 Å². The summed E-state index contributed by atoms with van der Waals surface area (Å²) in [6.07, 6.45) is 3.84. The first-order valence-corrected chi connectivity index (χ1v) is 5.86. The second kappa shape index (κ2) is 2.97. The maximum Gasteiger partial charge on any atom is 0.324 e. The summed E-state index contributed by atoms with van der Waals surface area (Å²) < 4.78 is 0. The number of likely N-dealkylation sites (N-methyl/N-ethyl adjacent to an activating group) is 1. The van der Waals surface area contributed by atoms with Crippen LogP contribution in [0.25, 0.3) is 0 Å². The lowest BCUT2D eigenvalue weighted by molar-refractivity contribution is -0.132. The van der Waals surface area contributed by atoms with Gasteiger partial charge in [0.15, 0.2) is 0 Å². The van der Waals surface area contributed by atoms with Gasteiger partial charge in [0.25, 0.3) is 5.91 Å². The van der Waals surface area contributed by atoms with Crippen molar-refractivity contribution >= 4 is 11.9 Å². The number of carbonyl (C=O) groups is 2. The first-order chi connectivity index (χ1) is 7.53. The molecule has 3 aliphatic heterocycles. The highest BCUT2D eigenvalue weighted by Gasteiger charge is 2.56. The highest BCUT2D eigenvalue weighted by Crippen LogP contribution is 2.42. The van der Waals surface area contributed by atoms with E-state index in [0.29, 0.717) is 12.1 Å². The molecule has 2 bridgehead atoms. The van der Waals surface area contributed by atoms with Crippen molar-refractivity contribution in [2.24, 2.45) is 0 Å². The smallest absolute Gasteiger partial charge is 0.323 e. The van der Waals surface area contributed by atoms with Crippen molar-refractivity contribution in [2.75, 3.05) is 14.1 Å². The van der Waals surface area contributed by atoms with Gasteiger partial charge in [-0.2, -0.15) is 0 Å². The number of amides is 3. The van der Waals surface area contributed by atoms with Gasteiger partial charge >= 0.3 is 6.03 Å². The van der Waals surface area contributed by atoms with E-state index < -0.39 is 5.54 Å². The van der Waals surface area contributed by atoms with Crippen molar-refractivity contribution < 1.29 is 9.59 Å². The second-order valence-corrected chi connectivity index (χ2v) is 5.34. The van der Waals surface area contributed by atoms with Crippen LogP contribution in [0.3, 0.4) is 0 Å². The van der Waals surface area contributed by atoms with Crippen LogP contribution in [0.5, 0.6) is 0 Å². The molecule has 16 heavy (non-hydrogen) atoms. The number of nitrogens with zero attached hydrogens (tertiary/aromatic N) is 2. The van der Waals surface area contributed by atoms with Crippen molar-refractivity contribution in [3.8, 4) is 0 Å². The third-order valence-electron chi connectivity index (χ3n) is 4.52. The number of fused-ring (bicyclic) bond motifs is 2. The Morgan fingerprint density at radius 3 is 2.19 bits per heavy atom. The Hall–Kier alpha value is -1.10. The molecule has 0 aromatic carbocycles. The van der Waals surface area contributed by atoms with E-state index in [0.717, 1.165) is 25.7 Å². The molecule has 0 aromatic rings. The number of nitrogens with one attached hydrogen (secondary N) is 1. The average molecular weight is 223 g/mol. The van der Waals surface area contributed by atoms with Crippen LogP contribution in [0, 0.1) is 0 Å². The van der Waals surface area contributed by atoms with Gasteiger partial charge in [-0.25, -0.2) is 4.79 Å². The fourth-order valence-corrected chi connectivity index (χ4v) is 3.50. The molecule has 3 fully saturated rings. The number of imide groups is 1. The Balaban J connectivity index is 1.92. The zero-order valence-electron chi connectivity index (χ0n) is 9.69. The van der Waals surface area contributed by atoms with Crippen molar-refractivity contribution in [1.29, 1.82) is 0 Å². The van der Waals surface area contributed by atoms with Gasteiger partial charge < -0.3 is 10.2 Å². The molecule has 3 rings (SSSR count). The maximum absolute atomic E-state index is 12.1. The van der Waals surface area contributed by atoms with Crippen LogP contribution in [0.15, 0.2) is 0 Å². The molecule has 1 spiro atoms. The summed E-state index contributed by atoms with van der Waals surface area (Å²) in [6.45, 7) is 0. The predicted molar refractivity (Wildman–Crippen MR) is 57.8 cm³/mol. The SMILES string of the molecule is CN1C(=O)NC2(CC3CCC(C2)N3C)C1=O. The molecule has 3 aliphatic rings. The molecular weight excluding hydrogens is 206 g/mol. The van der Waals surface area contributed by atoms with E-state index in [4.69, 9.17) is 0 Å². The summed E-state index contributed by atoms with van der Waals surface area (Å²) in [5.74, 6) is -0.0394. The van der Waals surface area contributed by atoms with Gasteiger partial charge in [0.1, 0.15) is 5.54 Å². The largest absolute Gasteiger partial charge is 0.324 e. The van der Waals surface area contributed by atoms with Crippen LogP contribution in [0.2, 0.25) is 0 Å². The van der Waals surface area contributed by atoms with E-state index in [1.54, 1.807) is 7.05 Å². The zero-order chi connectivity index (χ0) is 11.5. The molecule has 1 N–H and O–H groups in total. The van der Waals surface area contributed by atoms with Crippen LogP contribution >= 0.6 is 0 Å². The maximum atomic E-state index is 12.1. The summed E-state index contributed by atoms with van der Waals surface area (Å²) in [7, 11) is 3.69. The van der Waals surface area contributed by atoms with Gasteiger partial charge in [-0.05, 0) is 32.7 Å². The lowest BCUT2D eigenvalue weighted by Crippen LogP contribution is -2.58. The number of hydrogen-bond donors (Lipinski definition) is 1. The van der Waals surface area contributed by atoms with Crippen LogP contribution in [0.1, 0.15) is 25.7 Å². The first kappa shape index (κ1) is 10.1. The van der Waals surface area contributed by atoms with E-state index in [2.05, 4.69) is 17.3 Å². The lowest BCUT2D eigenvalue weighted by Gasteiger charge is -2.41. The second-order valence-electron chi connectivity index (χ2n) is 5.34. The summed E-state index contributed by atoms with van der Waals surface area (Å²) in [5.41, 5.74) is -0.593. The Morgan fingerprint density at radius 2 is 1.75 bits per heavy atom. The van der Waals surface area contributed by atoms with Crippen LogP contribution in [-0.2, 0) is 4.79 Å². The summed E-state index contributed by atoms with van der Waals surface area (Å²) >= 11 is 0. The van der Waals surface area contributed by atoms with E-state index in [1.165, 1.54) is 4.90 Å². The Labute approximate surface area is 94.8 Å². The third-order valence-corrected chi connectivity index (χ3v) is 4.52. The molecule has 3 amide bonds. The highest BCUT2D eigenvalue weighted by atomic mass is 16.2. The molecule has 2 atom stereocenters.